The van der Waals surface area contributed by atoms with Gasteiger partial charge in [0, 0.05) is 51.2 Å². The number of aromatic nitrogens is 1. The molecule has 6 nitrogen and oxygen atoms in total. The van der Waals surface area contributed by atoms with Gasteiger partial charge in [-0.2, -0.15) is 0 Å². The monoisotopic (exact) mass is 956 g/mol. The molecule has 3 heterocycles. The highest BCUT2D eigenvalue weighted by molar-refractivity contribution is 6.03. The minimum atomic E-state index is -0.287. The van der Waals surface area contributed by atoms with Gasteiger partial charge in [-0.05, 0) is 129 Å². The summed E-state index contributed by atoms with van der Waals surface area (Å²) in [5.74, 6) is 0.842. The van der Waals surface area contributed by atoms with Gasteiger partial charge in [0.25, 0.3) is 0 Å². The van der Waals surface area contributed by atoms with Gasteiger partial charge < -0.3 is 14.7 Å². The van der Waals surface area contributed by atoms with Crippen LogP contribution in [0.15, 0.2) is 237 Å². The van der Waals surface area contributed by atoms with Crippen molar-refractivity contribution in [1.82, 2.24) is 4.98 Å². The molecular weight excluding hydrogens is 901 g/mol. The van der Waals surface area contributed by atoms with E-state index < -0.39 is 0 Å². The van der Waals surface area contributed by atoms with Crippen molar-refractivity contribution >= 4 is 62.7 Å². The van der Waals surface area contributed by atoms with Crippen LogP contribution >= 0.6 is 0 Å². The van der Waals surface area contributed by atoms with Crippen molar-refractivity contribution in [3.05, 3.63) is 265 Å². The fraction of sp³-hybridized carbons (Fsp3) is 0.118. The Morgan fingerprint density at radius 2 is 1.04 bits per heavy atom. The number of hydrogen-bond donors (Lipinski definition) is 0. The number of benzene rings is 9. The molecule has 1 aromatic heterocycles. The summed E-state index contributed by atoms with van der Waals surface area (Å²) in [5.41, 5.74) is 20.3. The normalized spacial score (nSPS) is 12.8. The van der Waals surface area contributed by atoms with E-state index in [0.717, 1.165) is 84.8 Å². The Labute approximate surface area is 435 Å². The smallest absolute Gasteiger partial charge is 0.187 e. The van der Waals surface area contributed by atoms with Crippen LogP contribution in [0.5, 0.6) is 0 Å². The maximum Gasteiger partial charge on any atom is 0.187 e. The van der Waals surface area contributed by atoms with Gasteiger partial charge >= 0.3 is 0 Å². The van der Waals surface area contributed by atoms with E-state index in [2.05, 4.69) is 277 Å². The van der Waals surface area contributed by atoms with E-state index in [0.29, 0.717) is 12.4 Å². The number of pyridine rings is 1. The van der Waals surface area contributed by atoms with E-state index in [1.807, 2.05) is 18.3 Å². The second kappa shape index (κ2) is 18.5. The Hall–Kier alpha value is -9.18. The van der Waals surface area contributed by atoms with E-state index in [4.69, 9.17) is 11.6 Å². The molecule has 12 rings (SSSR count). The fourth-order valence-electron chi connectivity index (χ4n) is 10.8. The predicted octanol–water partition coefficient (Wildman–Crippen LogP) is 18.8. The second-order valence-electron chi connectivity index (χ2n) is 20.8. The van der Waals surface area contributed by atoms with Crippen LogP contribution in [-0.2, 0) is 10.8 Å². The molecular formula is C68H56N6. The van der Waals surface area contributed by atoms with Crippen LogP contribution in [0, 0.1) is 6.57 Å². The number of nitrogens with zero attached hydrogens (tertiary/aromatic N) is 6. The maximum atomic E-state index is 7.76. The first-order chi connectivity index (χ1) is 36.0. The van der Waals surface area contributed by atoms with Crippen molar-refractivity contribution in [2.45, 2.75) is 45.4 Å². The van der Waals surface area contributed by atoms with Crippen molar-refractivity contribution in [2.75, 3.05) is 26.3 Å². The molecule has 0 amide bonds. The van der Waals surface area contributed by atoms with Crippen LogP contribution in [0.3, 0.4) is 0 Å². The summed E-state index contributed by atoms with van der Waals surface area (Å²) < 4.78 is 0. The zero-order valence-electron chi connectivity index (χ0n) is 42.4. The van der Waals surface area contributed by atoms with Crippen molar-refractivity contribution in [1.29, 1.82) is 0 Å². The lowest BCUT2D eigenvalue weighted by atomic mass is 9.78. The molecule has 0 radical (unpaired) electrons. The summed E-state index contributed by atoms with van der Waals surface area (Å²) in [6.07, 6.45) is 1.96. The van der Waals surface area contributed by atoms with Crippen LogP contribution in [0.2, 0.25) is 0 Å². The summed E-state index contributed by atoms with van der Waals surface area (Å²) in [7, 11) is 0. The van der Waals surface area contributed by atoms with Crippen LogP contribution in [0.1, 0.15) is 51.3 Å². The zero-order valence-corrected chi connectivity index (χ0v) is 42.4. The van der Waals surface area contributed by atoms with E-state index in [1.54, 1.807) is 0 Å². The molecule has 6 heteroatoms. The van der Waals surface area contributed by atoms with Crippen molar-refractivity contribution < 1.29 is 0 Å². The molecule has 0 fully saturated rings. The first kappa shape index (κ1) is 45.9. The third-order valence-electron chi connectivity index (χ3n) is 14.9. The second-order valence-corrected chi connectivity index (χ2v) is 20.8. The molecule has 0 bridgehead atoms. The Morgan fingerprint density at radius 3 is 1.73 bits per heavy atom. The largest absolute Gasteiger partial charge is 0.321 e. The first-order valence-electron chi connectivity index (χ1n) is 25.4. The van der Waals surface area contributed by atoms with Crippen LogP contribution < -0.4 is 19.6 Å². The Kier molecular flexibility index (Phi) is 11.5. The molecule has 10 aromatic rings. The molecule has 2 aliphatic rings. The lowest BCUT2D eigenvalue weighted by Gasteiger charge is -2.32. The van der Waals surface area contributed by atoms with Gasteiger partial charge in [-0.15, -0.1) is 0 Å². The lowest BCUT2D eigenvalue weighted by Crippen LogP contribution is -2.24. The number of anilines is 10. The van der Waals surface area contributed by atoms with E-state index in [1.165, 1.54) is 22.3 Å². The average molecular weight is 957 g/mol. The number of rotatable bonds is 9. The molecule has 0 saturated heterocycles. The molecule has 0 unspecified atom stereocenters. The molecule has 9 aromatic carbocycles. The van der Waals surface area contributed by atoms with Crippen LogP contribution in [0.4, 0.5) is 62.7 Å². The third kappa shape index (κ3) is 8.23. The molecule has 0 aliphatic carbocycles. The molecule has 2 aliphatic heterocycles. The average Bonchev–Trinajstić information content (AvgIpc) is 3.78. The molecule has 0 N–H and O–H groups in total. The summed E-state index contributed by atoms with van der Waals surface area (Å²) in [4.78, 5) is 18.6. The highest BCUT2D eigenvalue weighted by Crippen LogP contribution is 2.53. The molecule has 0 atom stereocenters. The summed E-state index contributed by atoms with van der Waals surface area (Å²) in [5, 5.41) is 0. The fourth-order valence-corrected chi connectivity index (χ4v) is 10.8. The quantitative estimate of drug-likeness (QED) is 0.135. The van der Waals surface area contributed by atoms with Crippen molar-refractivity contribution in [2.24, 2.45) is 0 Å². The summed E-state index contributed by atoms with van der Waals surface area (Å²) >= 11 is 0. The highest BCUT2D eigenvalue weighted by atomic mass is 15.4. The molecule has 358 valence electrons. The highest BCUT2D eigenvalue weighted by Gasteiger charge is 2.32. The molecule has 0 saturated carbocycles. The predicted molar refractivity (Wildman–Crippen MR) is 309 cm³/mol. The third-order valence-corrected chi connectivity index (χ3v) is 14.9. The minimum Gasteiger partial charge on any atom is -0.321 e. The number of para-hydroxylation sites is 4. The lowest BCUT2D eigenvalue weighted by molar-refractivity contribution is 0.590. The Morgan fingerprint density at radius 1 is 0.432 bits per heavy atom. The van der Waals surface area contributed by atoms with Gasteiger partial charge in [0.15, 0.2) is 5.69 Å². The van der Waals surface area contributed by atoms with Gasteiger partial charge in [0.05, 0.1) is 29.3 Å². The van der Waals surface area contributed by atoms with Crippen molar-refractivity contribution in [3.63, 3.8) is 0 Å². The molecule has 0 spiro atoms. The maximum absolute atomic E-state index is 7.76. The van der Waals surface area contributed by atoms with Gasteiger partial charge in [-0.25, -0.2) is 9.83 Å². The van der Waals surface area contributed by atoms with Gasteiger partial charge in [-0.1, -0.05) is 180 Å². The first-order valence-corrected chi connectivity index (χ1v) is 25.4. The van der Waals surface area contributed by atoms with Crippen molar-refractivity contribution in [3.8, 4) is 33.4 Å². The van der Waals surface area contributed by atoms with E-state index >= 15 is 0 Å². The van der Waals surface area contributed by atoms with Crippen LogP contribution in [-0.4, -0.2) is 11.7 Å². The SMILES string of the molecule is [C-]#[N+]c1ccc(-c2cc(N3CN(c4cccc(C(C)(C)C)c4)c4ccccc43)cc(N(c3ccccc3)c3ccc4c(c3)N(c3cc(C(C)(C)c5ccccc5)ccn3)c3ccccc3-c3ccccc3-4)c2)cc1. The topological polar surface area (TPSA) is 30.2 Å². The zero-order chi connectivity index (χ0) is 50.6. The Bertz CT molecular complexity index is 3750. The van der Waals surface area contributed by atoms with Gasteiger partial charge in [0.2, 0.25) is 0 Å². The standard InChI is InChI=1S/C68H56N6/c1-67(2,3)50-22-19-25-54(42-50)71-46-72(64-31-18-17-30-63(64)71)56-40-48(47-32-34-52(69-6)35-33-47)41-57(44-56)73(53-23-11-8-12-24-53)55-36-37-61-59-27-14-13-26-58(59)60-28-15-16-29-62(60)74(65(61)45-55)66-43-51(38-39-70-66)68(4,5)49-20-9-7-10-21-49/h7-45H,46H2,1-5H3. The number of fused-ring (bicyclic) bond motifs is 6. The minimum absolute atomic E-state index is 0.00130. The molecule has 74 heavy (non-hydrogen) atoms. The Balaban J connectivity index is 1.07. The van der Waals surface area contributed by atoms with E-state index in [-0.39, 0.29) is 10.8 Å². The number of hydrogen-bond acceptors (Lipinski definition) is 5. The van der Waals surface area contributed by atoms with Gasteiger partial charge in [0.1, 0.15) is 12.5 Å². The van der Waals surface area contributed by atoms with E-state index in [9.17, 15) is 0 Å². The van der Waals surface area contributed by atoms with Gasteiger partial charge in [-0.3, -0.25) is 4.90 Å². The van der Waals surface area contributed by atoms with Crippen LogP contribution in [0.25, 0.3) is 38.2 Å². The summed E-state index contributed by atoms with van der Waals surface area (Å²) in [6, 6.07) is 82.9. The summed E-state index contributed by atoms with van der Waals surface area (Å²) in [6.45, 7) is 19.8.